The van der Waals surface area contributed by atoms with Crippen molar-refractivity contribution in [1.82, 2.24) is 10.2 Å². The second-order valence-electron chi connectivity index (χ2n) is 4.00. The Labute approximate surface area is 97.9 Å². The van der Waals surface area contributed by atoms with E-state index in [1.807, 2.05) is 24.0 Å². The van der Waals surface area contributed by atoms with Gasteiger partial charge >= 0.3 is 0 Å². The van der Waals surface area contributed by atoms with Crippen molar-refractivity contribution < 1.29 is 4.79 Å². The van der Waals surface area contributed by atoms with Crippen LogP contribution < -0.4 is 5.32 Å². The van der Waals surface area contributed by atoms with Crippen molar-refractivity contribution in [3.8, 4) is 0 Å². The molecule has 3 rings (SSSR count). The fourth-order valence-corrected chi connectivity index (χ4v) is 2.20. The summed E-state index contributed by atoms with van der Waals surface area (Å²) in [6.07, 6.45) is 0. The summed E-state index contributed by atoms with van der Waals surface area (Å²) < 4.78 is 0. The summed E-state index contributed by atoms with van der Waals surface area (Å²) in [6.45, 7) is 2.54. The number of nitrogens with one attached hydrogen (secondary N) is 1. The van der Waals surface area contributed by atoms with Crippen molar-refractivity contribution in [2.45, 2.75) is 19.5 Å². The van der Waals surface area contributed by atoms with Gasteiger partial charge < -0.3 is 4.90 Å². The van der Waals surface area contributed by atoms with Crippen molar-refractivity contribution in [2.75, 3.05) is 0 Å². The van der Waals surface area contributed by atoms with E-state index in [-0.39, 0.29) is 11.9 Å². The number of amides is 1. The number of carbonyl (C=O) groups is 1. The number of hydrogen-bond donors (Lipinski definition) is 1. The van der Waals surface area contributed by atoms with Crippen LogP contribution in [0.4, 0.5) is 5.69 Å². The van der Waals surface area contributed by atoms with E-state index in [1.54, 1.807) is 6.07 Å². The van der Waals surface area contributed by atoms with Gasteiger partial charge in [-0.2, -0.15) is 0 Å². The number of fused-ring (bicyclic) bond motifs is 2. The first-order valence-electron chi connectivity index (χ1n) is 5.10. The number of halogens is 1. The fourth-order valence-electron chi connectivity index (χ4n) is 2.00. The molecule has 0 bridgehead atoms. The van der Waals surface area contributed by atoms with Gasteiger partial charge in [-0.05, 0) is 30.7 Å². The maximum absolute atomic E-state index is 11.5. The molecule has 16 heavy (non-hydrogen) atoms. The first-order valence-corrected chi connectivity index (χ1v) is 5.47. The van der Waals surface area contributed by atoms with Gasteiger partial charge in [-0.1, -0.05) is 11.6 Å². The Morgan fingerprint density at radius 2 is 2.38 bits per heavy atom. The average Bonchev–Trinajstić information content (AvgIpc) is 2.52. The monoisotopic (exact) mass is 235 g/mol. The molecule has 1 N–H and O–H groups in total. The molecular weight excluding hydrogens is 226 g/mol. The van der Waals surface area contributed by atoms with Crippen molar-refractivity contribution in [1.29, 1.82) is 0 Å². The SMILES string of the molecule is C[C@@H]1C(=O)NC2=Nc3ccc(Cl)cc3CN21. The largest absolute Gasteiger partial charge is 0.326 e. The van der Waals surface area contributed by atoms with Crippen molar-refractivity contribution >= 4 is 29.2 Å². The van der Waals surface area contributed by atoms with Crippen LogP contribution in [0.5, 0.6) is 0 Å². The molecule has 0 aliphatic carbocycles. The van der Waals surface area contributed by atoms with Crippen LogP contribution in [0.1, 0.15) is 12.5 Å². The van der Waals surface area contributed by atoms with E-state index in [9.17, 15) is 4.79 Å². The van der Waals surface area contributed by atoms with Crippen LogP contribution in [-0.2, 0) is 11.3 Å². The van der Waals surface area contributed by atoms with Gasteiger partial charge in [-0.15, -0.1) is 0 Å². The molecule has 0 radical (unpaired) electrons. The van der Waals surface area contributed by atoms with E-state index in [2.05, 4.69) is 10.3 Å². The topological polar surface area (TPSA) is 44.7 Å². The van der Waals surface area contributed by atoms with Crippen LogP contribution in [0.2, 0.25) is 5.02 Å². The summed E-state index contributed by atoms with van der Waals surface area (Å²) in [4.78, 5) is 17.8. The lowest BCUT2D eigenvalue weighted by atomic mass is 10.1. The third-order valence-corrected chi connectivity index (χ3v) is 3.20. The summed E-state index contributed by atoms with van der Waals surface area (Å²) in [5.41, 5.74) is 1.93. The summed E-state index contributed by atoms with van der Waals surface area (Å²) in [5, 5.41) is 3.46. The van der Waals surface area contributed by atoms with E-state index in [1.165, 1.54) is 0 Å². The molecule has 2 aliphatic heterocycles. The van der Waals surface area contributed by atoms with Crippen molar-refractivity contribution in [3.05, 3.63) is 28.8 Å². The summed E-state index contributed by atoms with van der Waals surface area (Å²) in [6, 6.07) is 5.41. The molecule has 2 aliphatic rings. The predicted octanol–water partition coefficient (Wildman–Crippen LogP) is 1.66. The number of benzene rings is 1. The fraction of sp³-hybridized carbons (Fsp3) is 0.273. The average molecular weight is 236 g/mol. The van der Waals surface area contributed by atoms with Gasteiger partial charge in [0.05, 0.1) is 5.69 Å². The molecule has 0 unspecified atom stereocenters. The Bertz CT molecular complexity index is 512. The first-order chi connectivity index (χ1) is 7.65. The van der Waals surface area contributed by atoms with Crippen LogP contribution in [0.25, 0.3) is 0 Å². The number of carbonyl (C=O) groups excluding carboxylic acids is 1. The normalized spacial score (nSPS) is 22.4. The minimum absolute atomic E-state index is 0.00217. The highest BCUT2D eigenvalue weighted by Gasteiger charge is 2.35. The molecule has 0 aromatic heterocycles. The summed E-state index contributed by atoms with van der Waals surface area (Å²) >= 11 is 5.94. The number of rotatable bonds is 0. The van der Waals surface area contributed by atoms with E-state index >= 15 is 0 Å². The van der Waals surface area contributed by atoms with Gasteiger partial charge in [0.1, 0.15) is 6.04 Å². The van der Waals surface area contributed by atoms with Gasteiger partial charge in [-0.25, -0.2) is 4.99 Å². The Kier molecular flexibility index (Phi) is 1.94. The van der Waals surface area contributed by atoms with E-state index in [0.29, 0.717) is 17.5 Å². The zero-order chi connectivity index (χ0) is 11.3. The quantitative estimate of drug-likeness (QED) is 0.743. The van der Waals surface area contributed by atoms with Crippen LogP contribution in [0.15, 0.2) is 23.2 Å². The van der Waals surface area contributed by atoms with Crippen LogP contribution in [0.3, 0.4) is 0 Å². The first kappa shape index (κ1) is 9.66. The molecular formula is C11H10ClN3O. The lowest BCUT2D eigenvalue weighted by molar-refractivity contribution is -0.121. The molecule has 1 aromatic carbocycles. The summed E-state index contributed by atoms with van der Waals surface area (Å²) in [5.74, 6) is 0.643. The Morgan fingerprint density at radius 3 is 3.19 bits per heavy atom. The molecule has 5 heteroatoms. The van der Waals surface area contributed by atoms with Crippen LogP contribution in [0, 0.1) is 0 Å². The third-order valence-electron chi connectivity index (χ3n) is 2.96. The van der Waals surface area contributed by atoms with Gasteiger partial charge in [-0.3, -0.25) is 10.1 Å². The zero-order valence-electron chi connectivity index (χ0n) is 8.70. The van der Waals surface area contributed by atoms with Crippen LogP contribution in [-0.4, -0.2) is 22.8 Å². The maximum atomic E-state index is 11.5. The number of aliphatic imine (C=N–C) groups is 1. The van der Waals surface area contributed by atoms with Gasteiger partial charge in [0.2, 0.25) is 11.9 Å². The van der Waals surface area contributed by atoms with E-state index in [0.717, 1.165) is 11.3 Å². The van der Waals surface area contributed by atoms with Crippen molar-refractivity contribution in [3.63, 3.8) is 0 Å². The van der Waals surface area contributed by atoms with Gasteiger partial charge in [0, 0.05) is 11.6 Å². The standard InChI is InChI=1S/C11H10ClN3O/c1-6-10(16)14-11-13-9-3-2-8(12)4-7(9)5-15(6)11/h2-4,6H,5H2,1H3,(H,13,14,16)/t6-/m1/s1. The molecule has 0 saturated carbocycles. The highest BCUT2D eigenvalue weighted by atomic mass is 35.5. The van der Waals surface area contributed by atoms with Gasteiger partial charge in [0.25, 0.3) is 0 Å². The molecule has 1 amide bonds. The Balaban J connectivity index is 2.07. The lowest BCUT2D eigenvalue weighted by Crippen LogP contribution is -2.35. The predicted molar refractivity (Wildman–Crippen MR) is 61.7 cm³/mol. The van der Waals surface area contributed by atoms with Gasteiger partial charge in [0.15, 0.2) is 0 Å². The minimum atomic E-state index is -0.161. The van der Waals surface area contributed by atoms with E-state index < -0.39 is 0 Å². The minimum Gasteiger partial charge on any atom is -0.326 e. The highest BCUT2D eigenvalue weighted by molar-refractivity contribution is 6.30. The highest BCUT2D eigenvalue weighted by Crippen LogP contribution is 2.30. The maximum Gasteiger partial charge on any atom is 0.249 e. The third kappa shape index (κ3) is 1.30. The van der Waals surface area contributed by atoms with E-state index in [4.69, 9.17) is 11.6 Å². The molecule has 1 aromatic rings. The zero-order valence-corrected chi connectivity index (χ0v) is 9.45. The Hall–Kier alpha value is -1.55. The molecule has 1 saturated heterocycles. The molecule has 1 fully saturated rings. The molecule has 82 valence electrons. The molecule has 0 spiro atoms. The van der Waals surface area contributed by atoms with Crippen molar-refractivity contribution in [2.24, 2.45) is 4.99 Å². The number of guanidine groups is 1. The second-order valence-corrected chi connectivity index (χ2v) is 4.44. The van der Waals surface area contributed by atoms with Crippen LogP contribution >= 0.6 is 11.6 Å². The smallest absolute Gasteiger partial charge is 0.249 e. The molecule has 2 heterocycles. The molecule has 1 atom stereocenters. The number of hydrogen-bond acceptors (Lipinski definition) is 3. The second kappa shape index (κ2) is 3.22. The number of nitrogens with zero attached hydrogens (tertiary/aromatic N) is 2. The molecule has 4 nitrogen and oxygen atoms in total. The Morgan fingerprint density at radius 1 is 1.56 bits per heavy atom. The summed E-state index contributed by atoms with van der Waals surface area (Å²) in [7, 11) is 0. The lowest BCUT2D eigenvalue weighted by Gasteiger charge is -2.25.